The SMILES string of the molecule is CCCCNC(=O)C(NC(=O)/C(=N\OC)c1ccco1)C(OC)OC. The average molecular weight is 355 g/mol. The van der Waals surface area contributed by atoms with E-state index in [9.17, 15) is 9.59 Å². The van der Waals surface area contributed by atoms with Gasteiger partial charge in [-0.3, -0.25) is 9.59 Å². The Kier molecular flexibility index (Phi) is 9.26. The zero-order valence-electron chi connectivity index (χ0n) is 14.9. The van der Waals surface area contributed by atoms with Crippen molar-refractivity contribution in [3.05, 3.63) is 24.2 Å². The van der Waals surface area contributed by atoms with Crippen molar-refractivity contribution in [2.24, 2.45) is 5.16 Å². The van der Waals surface area contributed by atoms with Crippen LogP contribution >= 0.6 is 0 Å². The summed E-state index contributed by atoms with van der Waals surface area (Å²) in [6.45, 7) is 2.49. The highest BCUT2D eigenvalue weighted by molar-refractivity contribution is 6.44. The predicted octanol–water partition coefficient (Wildman–Crippen LogP) is 0.650. The summed E-state index contributed by atoms with van der Waals surface area (Å²) in [4.78, 5) is 29.6. The highest BCUT2D eigenvalue weighted by atomic mass is 16.7. The average Bonchev–Trinajstić information content (AvgIpc) is 3.13. The zero-order valence-corrected chi connectivity index (χ0v) is 14.9. The van der Waals surface area contributed by atoms with Crippen molar-refractivity contribution in [3.63, 3.8) is 0 Å². The molecular weight excluding hydrogens is 330 g/mol. The molecule has 2 N–H and O–H groups in total. The molecule has 0 aliphatic heterocycles. The molecule has 0 aromatic carbocycles. The number of unbranched alkanes of at least 4 members (excludes halogenated alkanes) is 1. The second kappa shape index (κ2) is 11.2. The molecule has 0 saturated heterocycles. The van der Waals surface area contributed by atoms with Gasteiger partial charge in [-0.25, -0.2) is 0 Å². The Morgan fingerprint density at radius 1 is 1.28 bits per heavy atom. The van der Waals surface area contributed by atoms with E-state index >= 15 is 0 Å². The standard InChI is InChI=1S/C16H25N3O6/c1-5-6-9-17-14(20)13(16(22-2)23-3)18-15(21)12(19-24-4)11-8-7-10-25-11/h7-8,10,13,16H,5-6,9H2,1-4H3,(H,17,20)(H,18,21)/b19-12-. The van der Waals surface area contributed by atoms with Gasteiger partial charge in [0.05, 0.1) is 6.26 Å². The normalized spacial score (nSPS) is 12.8. The number of nitrogens with zero attached hydrogens (tertiary/aromatic N) is 1. The van der Waals surface area contributed by atoms with E-state index in [-0.39, 0.29) is 11.5 Å². The fraction of sp³-hybridized carbons (Fsp3) is 0.562. The maximum absolute atomic E-state index is 12.5. The molecule has 1 aromatic rings. The summed E-state index contributed by atoms with van der Waals surface area (Å²) in [7, 11) is 4.06. The lowest BCUT2D eigenvalue weighted by Gasteiger charge is -2.24. The molecule has 0 radical (unpaired) electrons. The molecule has 1 aromatic heterocycles. The molecule has 9 nitrogen and oxygen atoms in total. The van der Waals surface area contributed by atoms with Crippen molar-refractivity contribution in [1.29, 1.82) is 0 Å². The highest BCUT2D eigenvalue weighted by Gasteiger charge is 2.32. The summed E-state index contributed by atoms with van der Waals surface area (Å²) in [6.07, 6.45) is 2.18. The third kappa shape index (κ3) is 6.20. The largest absolute Gasteiger partial charge is 0.462 e. The van der Waals surface area contributed by atoms with Gasteiger partial charge in [0.25, 0.3) is 5.91 Å². The number of nitrogens with one attached hydrogen (secondary N) is 2. The van der Waals surface area contributed by atoms with Crippen LogP contribution in [0, 0.1) is 0 Å². The van der Waals surface area contributed by atoms with Crippen LogP contribution < -0.4 is 10.6 Å². The molecule has 1 heterocycles. The first-order chi connectivity index (χ1) is 12.1. The lowest BCUT2D eigenvalue weighted by molar-refractivity contribution is -0.152. The van der Waals surface area contributed by atoms with E-state index < -0.39 is 24.1 Å². The fourth-order valence-electron chi connectivity index (χ4n) is 2.04. The first-order valence-corrected chi connectivity index (χ1v) is 7.88. The third-order valence-corrected chi connectivity index (χ3v) is 3.29. The Hall–Kier alpha value is -2.39. The molecule has 0 saturated carbocycles. The molecule has 0 aliphatic carbocycles. The minimum Gasteiger partial charge on any atom is -0.462 e. The molecule has 1 rings (SSSR count). The van der Waals surface area contributed by atoms with Gasteiger partial charge in [0.15, 0.2) is 18.1 Å². The third-order valence-electron chi connectivity index (χ3n) is 3.29. The summed E-state index contributed by atoms with van der Waals surface area (Å²) in [6, 6.07) is 2.09. The topological polar surface area (TPSA) is 111 Å². The molecule has 0 bridgehead atoms. The molecular formula is C16H25N3O6. The smallest absolute Gasteiger partial charge is 0.278 e. The van der Waals surface area contributed by atoms with Gasteiger partial charge in [-0.2, -0.15) is 0 Å². The number of ether oxygens (including phenoxy) is 2. The Morgan fingerprint density at radius 3 is 2.52 bits per heavy atom. The molecule has 0 fully saturated rings. The van der Waals surface area contributed by atoms with E-state index in [1.165, 1.54) is 27.6 Å². The maximum Gasteiger partial charge on any atom is 0.278 e. The fourth-order valence-corrected chi connectivity index (χ4v) is 2.04. The summed E-state index contributed by atoms with van der Waals surface area (Å²) >= 11 is 0. The molecule has 0 aliphatic rings. The van der Waals surface area contributed by atoms with E-state index in [4.69, 9.17) is 13.9 Å². The number of oxime groups is 1. The summed E-state index contributed by atoms with van der Waals surface area (Å²) in [5, 5.41) is 8.95. The van der Waals surface area contributed by atoms with Crippen molar-refractivity contribution in [2.75, 3.05) is 27.9 Å². The molecule has 9 heteroatoms. The Balaban J connectivity index is 2.92. The Morgan fingerprint density at radius 2 is 2.00 bits per heavy atom. The van der Waals surface area contributed by atoms with Crippen molar-refractivity contribution in [2.45, 2.75) is 32.1 Å². The molecule has 0 spiro atoms. The predicted molar refractivity (Wildman–Crippen MR) is 89.9 cm³/mol. The van der Waals surface area contributed by atoms with Gasteiger partial charge in [-0.15, -0.1) is 0 Å². The molecule has 1 unspecified atom stereocenters. The monoisotopic (exact) mass is 355 g/mol. The van der Waals surface area contributed by atoms with Crippen LogP contribution in [0.15, 0.2) is 28.0 Å². The quantitative estimate of drug-likeness (QED) is 0.261. The van der Waals surface area contributed by atoms with E-state index in [1.54, 1.807) is 12.1 Å². The van der Waals surface area contributed by atoms with E-state index in [0.29, 0.717) is 6.54 Å². The number of carbonyl (C=O) groups is 2. The molecule has 25 heavy (non-hydrogen) atoms. The second-order valence-electron chi connectivity index (χ2n) is 5.04. The number of rotatable bonds is 11. The minimum absolute atomic E-state index is 0.107. The summed E-state index contributed by atoms with van der Waals surface area (Å²) in [5.41, 5.74) is -0.107. The van der Waals surface area contributed by atoms with Crippen LogP contribution in [0.2, 0.25) is 0 Å². The number of hydrogen-bond acceptors (Lipinski definition) is 7. The van der Waals surface area contributed by atoms with Gasteiger partial charge in [-0.1, -0.05) is 18.5 Å². The van der Waals surface area contributed by atoms with Crippen molar-refractivity contribution >= 4 is 17.5 Å². The minimum atomic E-state index is -1.07. The number of furan rings is 1. The number of amides is 2. The van der Waals surface area contributed by atoms with Crippen LogP contribution in [-0.2, 0) is 23.9 Å². The molecule has 140 valence electrons. The zero-order chi connectivity index (χ0) is 18.7. The summed E-state index contributed by atoms with van der Waals surface area (Å²) < 4.78 is 15.4. The lowest BCUT2D eigenvalue weighted by atomic mass is 10.2. The molecule has 1 atom stereocenters. The highest BCUT2D eigenvalue weighted by Crippen LogP contribution is 2.06. The van der Waals surface area contributed by atoms with Crippen LogP contribution in [0.4, 0.5) is 0 Å². The van der Waals surface area contributed by atoms with Crippen molar-refractivity contribution in [3.8, 4) is 0 Å². The first-order valence-electron chi connectivity index (χ1n) is 7.88. The molecule has 2 amide bonds. The van der Waals surface area contributed by atoms with Gasteiger partial charge in [-0.05, 0) is 18.6 Å². The van der Waals surface area contributed by atoms with Crippen LogP contribution in [0.5, 0.6) is 0 Å². The summed E-state index contributed by atoms with van der Waals surface area (Å²) in [5.74, 6) is -0.880. The van der Waals surface area contributed by atoms with Gasteiger partial charge in [0.2, 0.25) is 11.6 Å². The van der Waals surface area contributed by atoms with Crippen LogP contribution in [0.25, 0.3) is 0 Å². The van der Waals surface area contributed by atoms with Gasteiger partial charge in [0, 0.05) is 20.8 Å². The number of methoxy groups -OCH3 is 2. The van der Waals surface area contributed by atoms with Crippen molar-refractivity contribution < 1.29 is 28.3 Å². The first kappa shape index (κ1) is 20.7. The maximum atomic E-state index is 12.5. The van der Waals surface area contributed by atoms with Crippen LogP contribution in [0.3, 0.4) is 0 Å². The van der Waals surface area contributed by atoms with Gasteiger partial charge < -0.3 is 29.4 Å². The second-order valence-corrected chi connectivity index (χ2v) is 5.04. The lowest BCUT2D eigenvalue weighted by Crippen LogP contribution is -2.56. The number of hydrogen-bond donors (Lipinski definition) is 2. The van der Waals surface area contributed by atoms with E-state index in [1.807, 2.05) is 6.92 Å². The Labute approximate surface area is 146 Å². The van der Waals surface area contributed by atoms with Crippen LogP contribution in [-0.4, -0.2) is 57.7 Å². The number of carbonyl (C=O) groups excluding carboxylic acids is 2. The van der Waals surface area contributed by atoms with Gasteiger partial charge in [0.1, 0.15) is 7.11 Å². The van der Waals surface area contributed by atoms with Gasteiger partial charge >= 0.3 is 0 Å². The Bertz CT molecular complexity index is 554. The van der Waals surface area contributed by atoms with E-state index in [0.717, 1.165) is 12.8 Å². The van der Waals surface area contributed by atoms with Crippen molar-refractivity contribution in [1.82, 2.24) is 10.6 Å². The van der Waals surface area contributed by atoms with Crippen LogP contribution in [0.1, 0.15) is 25.5 Å². The van der Waals surface area contributed by atoms with E-state index in [2.05, 4.69) is 20.6 Å².